The minimum Gasteiger partial charge on any atom is -0.494 e. The summed E-state index contributed by atoms with van der Waals surface area (Å²) >= 11 is 7.64. The Morgan fingerprint density at radius 3 is 2.64 bits per heavy atom. The number of carbonyl (C=O) groups excluding carboxylic acids is 3. The Morgan fingerprint density at radius 2 is 1.98 bits per heavy atom. The molecule has 0 bridgehead atoms. The van der Waals surface area contributed by atoms with E-state index in [-0.39, 0.29) is 42.3 Å². The Kier molecular flexibility index (Phi) is 9.62. The summed E-state index contributed by atoms with van der Waals surface area (Å²) in [7, 11) is 1.55. The molecule has 1 aliphatic heterocycles. The summed E-state index contributed by atoms with van der Waals surface area (Å²) in [5.41, 5.74) is -0.494. The lowest BCUT2D eigenvalue weighted by Crippen LogP contribution is -2.56. The zero-order chi connectivity index (χ0) is 36.0. The number of ketones is 1. The molecule has 0 spiro atoms. The van der Waals surface area contributed by atoms with Crippen LogP contribution in [0.15, 0.2) is 66.7 Å². The second-order valence-electron chi connectivity index (χ2n) is 13.9. The van der Waals surface area contributed by atoms with Crippen LogP contribution in [0.3, 0.4) is 0 Å². The number of ether oxygens (including phenoxy) is 2. The van der Waals surface area contributed by atoms with Crippen molar-refractivity contribution in [2.24, 2.45) is 11.3 Å². The van der Waals surface area contributed by atoms with Crippen molar-refractivity contribution in [2.75, 3.05) is 19.0 Å². The van der Waals surface area contributed by atoms with Crippen LogP contribution in [-0.4, -0.2) is 69.8 Å². The lowest BCUT2D eigenvalue weighted by Gasteiger charge is -2.35. The van der Waals surface area contributed by atoms with Crippen LogP contribution < -0.4 is 20.1 Å². The predicted molar refractivity (Wildman–Crippen MR) is 192 cm³/mol. The number of aromatic nitrogens is 2. The number of thiazole rings is 1. The maximum Gasteiger partial charge on any atom is 0.246 e. The van der Waals surface area contributed by atoms with E-state index in [1.54, 1.807) is 49.0 Å². The molecule has 2 amide bonds. The highest BCUT2D eigenvalue weighted by Crippen LogP contribution is 2.45. The first kappa shape index (κ1) is 35.3. The Balaban J connectivity index is 1.31. The standard InChI is InChI=1S/C37H39ClFN5O5S/c1-7-22-16-37(22,20(2)45)43-32(46)29-15-25(49-33-27-14-23(38)11-12-26(27)30(48-6)17-40-33)18-44(29)34(47)31(36(3,4)5)42-35-41-28(19-50-35)21-9-8-10-24(39)13-21/h7-14,17,19,22,25,29,31H,1,15-16,18H2,2-6H3,(H,41,42)(H,43,46)/t22-,25-,29+,31-,37+/m1/s1. The van der Waals surface area contributed by atoms with E-state index >= 15 is 0 Å². The fourth-order valence-corrected chi connectivity index (χ4v) is 7.45. The van der Waals surface area contributed by atoms with Gasteiger partial charge in [-0.05, 0) is 49.1 Å². The van der Waals surface area contributed by atoms with E-state index in [9.17, 15) is 18.8 Å². The highest BCUT2D eigenvalue weighted by atomic mass is 35.5. The van der Waals surface area contributed by atoms with Crippen molar-refractivity contribution in [2.45, 2.75) is 64.3 Å². The number of nitrogens with one attached hydrogen (secondary N) is 2. The molecule has 2 fully saturated rings. The van der Waals surface area contributed by atoms with Gasteiger partial charge in [0.2, 0.25) is 17.7 Å². The predicted octanol–water partition coefficient (Wildman–Crippen LogP) is 6.68. The number of nitrogens with zero attached hydrogens (tertiary/aromatic N) is 3. The van der Waals surface area contributed by atoms with Crippen LogP contribution in [0.4, 0.5) is 9.52 Å². The molecule has 10 nitrogen and oxygen atoms in total. The number of pyridine rings is 1. The van der Waals surface area contributed by atoms with Crippen molar-refractivity contribution in [1.29, 1.82) is 0 Å². The molecule has 1 saturated heterocycles. The van der Waals surface area contributed by atoms with E-state index in [1.165, 1.54) is 35.3 Å². The molecule has 2 aliphatic rings. The Bertz CT molecular complexity index is 1980. The Hall–Kier alpha value is -4.55. The average molecular weight is 720 g/mol. The number of fused-ring (bicyclic) bond motifs is 1. The first-order chi connectivity index (χ1) is 23.7. The largest absolute Gasteiger partial charge is 0.494 e. The van der Waals surface area contributed by atoms with Crippen LogP contribution in [0.1, 0.15) is 40.5 Å². The van der Waals surface area contributed by atoms with E-state index in [0.29, 0.717) is 39.0 Å². The monoisotopic (exact) mass is 719 g/mol. The summed E-state index contributed by atoms with van der Waals surface area (Å²) < 4.78 is 25.9. The molecule has 1 saturated carbocycles. The molecule has 1 aliphatic carbocycles. The van der Waals surface area contributed by atoms with Crippen LogP contribution >= 0.6 is 22.9 Å². The summed E-state index contributed by atoms with van der Waals surface area (Å²) in [5, 5.41) is 10.4. The van der Waals surface area contributed by atoms with Crippen molar-refractivity contribution in [1.82, 2.24) is 20.2 Å². The summed E-state index contributed by atoms with van der Waals surface area (Å²) in [6, 6.07) is 9.67. The van der Waals surface area contributed by atoms with Gasteiger partial charge in [-0.3, -0.25) is 14.4 Å². The number of amides is 2. The Labute approximate surface area is 299 Å². The first-order valence-corrected chi connectivity index (χ1v) is 17.5. The van der Waals surface area contributed by atoms with E-state index < -0.39 is 35.0 Å². The van der Waals surface area contributed by atoms with Gasteiger partial charge in [-0.25, -0.2) is 14.4 Å². The SMILES string of the molecule is C=C[C@@H]1C[C@]1(NC(=O)[C@@H]1C[C@@H](Oc2ncc(OC)c3ccc(Cl)cc23)CN1C(=O)[C@@H](Nc1nc(-c2cccc(F)c2)cs1)C(C)(C)C)C(C)=O. The fraction of sp³-hybridized carbons (Fsp3) is 0.378. The highest BCUT2D eigenvalue weighted by molar-refractivity contribution is 7.14. The molecule has 262 valence electrons. The van der Waals surface area contributed by atoms with Gasteiger partial charge in [-0.2, -0.15) is 0 Å². The lowest BCUT2D eigenvalue weighted by molar-refractivity contribution is -0.141. The normalized spacial score (nSPS) is 22.1. The zero-order valence-electron chi connectivity index (χ0n) is 28.5. The van der Waals surface area contributed by atoms with Crippen LogP contribution in [0.5, 0.6) is 11.6 Å². The number of methoxy groups -OCH3 is 1. The van der Waals surface area contributed by atoms with Crippen molar-refractivity contribution in [3.05, 3.63) is 77.5 Å². The molecule has 4 aromatic rings. The van der Waals surface area contributed by atoms with E-state index in [0.717, 1.165) is 5.39 Å². The van der Waals surface area contributed by atoms with Crippen LogP contribution in [0.2, 0.25) is 5.02 Å². The molecule has 2 aromatic heterocycles. The maximum atomic E-state index is 14.6. The Morgan fingerprint density at radius 1 is 1.20 bits per heavy atom. The smallest absolute Gasteiger partial charge is 0.246 e. The molecule has 3 heterocycles. The lowest BCUT2D eigenvalue weighted by atomic mass is 9.85. The van der Waals surface area contributed by atoms with Crippen LogP contribution in [-0.2, 0) is 14.4 Å². The molecular formula is C37H39ClFN5O5S. The summed E-state index contributed by atoms with van der Waals surface area (Å²) in [5.74, 6) is -0.693. The summed E-state index contributed by atoms with van der Waals surface area (Å²) in [6.07, 6.45) is 3.20. The van der Waals surface area contributed by atoms with Gasteiger partial charge in [0.1, 0.15) is 35.3 Å². The van der Waals surface area contributed by atoms with Gasteiger partial charge in [-0.15, -0.1) is 17.9 Å². The van der Waals surface area contributed by atoms with Gasteiger partial charge in [0.25, 0.3) is 0 Å². The minimum absolute atomic E-state index is 0.0747. The zero-order valence-corrected chi connectivity index (χ0v) is 30.0. The molecule has 50 heavy (non-hydrogen) atoms. The van der Waals surface area contributed by atoms with Gasteiger partial charge in [0.15, 0.2) is 10.9 Å². The number of Topliss-reactive ketones (excluding diaryl/α,β-unsaturated/α-hetero) is 1. The molecule has 5 atom stereocenters. The van der Waals surface area contributed by atoms with Crippen molar-refractivity contribution < 1.29 is 28.2 Å². The number of likely N-dealkylation sites (tertiary alicyclic amines) is 1. The molecular weight excluding hydrogens is 681 g/mol. The van der Waals surface area contributed by atoms with Gasteiger partial charge in [0, 0.05) is 39.1 Å². The molecule has 13 heteroatoms. The first-order valence-electron chi connectivity index (χ1n) is 16.3. The number of carbonyl (C=O) groups is 3. The third kappa shape index (κ3) is 6.91. The highest BCUT2D eigenvalue weighted by Gasteiger charge is 2.59. The van der Waals surface area contributed by atoms with Crippen molar-refractivity contribution in [3.63, 3.8) is 0 Å². The maximum absolute atomic E-state index is 14.6. The topological polar surface area (TPSA) is 123 Å². The number of rotatable bonds is 11. The van der Waals surface area contributed by atoms with Gasteiger partial charge in [-0.1, -0.05) is 50.6 Å². The average Bonchev–Trinajstić information content (AvgIpc) is 3.36. The summed E-state index contributed by atoms with van der Waals surface area (Å²) in [4.78, 5) is 52.1. The molecule has 2 aromatic carbocycles. The molecule has 0 unspecified atom stereocenters. The second kappa shape index (κ2) is 13.6. The van der Waals surface area contributed by atoms with Gasteiger partial charge < -0.3 is 25.0 Å². The minimum atomic E-state index is -1.05. The molecule has 6 rings (SSSR count). The number of benzene rings is 2. The third-order valence-corrected chi connectivity index (χ3v) is 10.4. The number of anilines is 1. The fourth-order valence-electron chi connectivity index (χ4n) is 6.52. The summed E-state index contributed by atoms with van der Waals surface area (Å²) in [6.45, 7) is 11.1. The number of hydrogen-bond donors (Lipinski definition) is 2. The number of hydrogen-bond acceptors (Lipinski definition) is 9. The quantitative estimate of drug-likeness (QED) is 0.165. The van der Waals surface area contributed by atoms with Gasteiger partial charge >= 0.3 is 0 Å². The van der Waals surface area contributed by atoms with E-state index in [1.807, 2.05) is 26.8 Å². The van der Waals surface area contributed by atoms with Crippen LogP contribution in [0.25, 0.3) is 22.0 Å². The second-order valence-corrected chi connectivity index (χ2v) is 15.2. The van der Waals surface area contributed by atoms with E-state index in [4.69, 9.17) is 21.1 Å². The van der Waals surface area contributed by atoms with Crippen LogP contribution in [0, 0.1) is 17.2 Å². The molecule has 2 N–H and O–H groups in total. The van der Waals surface area contributed by atoms with Crippen molar-refractivity contribution >= 4 is 56.4 Å². The van der Waals surface area contributed by atoms with Gasteiger partial charge in [0.05, 0.1) is 25.5 Å². The third-order valence-electron chi connectivity index (χ3n) is 9.40. The van der Waals surface area contributed by atoms with E-state index in [2.05, 4.69) is 27.2 Å². The number of halogens is 2. The van der Waals surface area contributed by atoms with Crippen molar-refractivity contribution in [3.8, 4) is 22.9 Å². The molecule has 0 radical (unpaired) electrons.